The van der Waals surface area contributed by atoms with Crippen molar-refractivity contribution in [1.29, 1.82) is 0 Å². The van der Waals surface area contributed by atoms with Crippen LogP contribution in [0.2, 0.25) is 0 Å². The molecule has 0 radical (unpaired) electrons. The fourth-order valence-corrected chi connectivity index (χ4v) is 2.90. The molecule has 0 bridgehead atoms. The number of halogens is 1. The fourth-order valence-electron chi connectivity index (χ4n) is 2.90. The number of benzene rings is 1. The first-order valence-electron chi connectivity index (χ1n) is 6.64. The Morgan fingerprint density at radius 2 is 1.89 bits per heavy atom. The highest BCUT2D eigenvalue weighted by Gasteiger charge is 2.35. The molecule has 3 heteroatoms. The molecular formula is C15H23FN2. The highest BCUT2D eigenvalue weighted by Crippen LogP contribution is 2.35. The van der Waals surface area contributed by atoms with Gasteiger partial charge in [-0.3, -0.25) is 4.90 Å². The molecular weight excluding hydrogens is 227 g/mol. The van der Waals surface area contributed by atoms with E-state index in [1.54, 1.807) is 0 Å². The number of hydrogen-bond acceptors (Lipinski definition) is 2. The first-order valence-corrected chi connectivity index (χ1v) is 6.64. The van der Waals surface area contributed by atoms with Gasteiger partial charge >= 0.3 is 0 Å². The van der Waals surface area contributed by atoms with Crippen LogP contribution in [-0.2, 0) is 0 Å². The van der Waals surface area contributed by atoms with Gasteiger partial charge in [-0.1, -0.05) is 26.0 Å². The predicted octanol–water partition coefficient (Wildman–Crippen LogP) is 2.95. The van der Waals surface area contributed by atoms with Gasteiger partial charge in [0.1, 0.15) is 5.82 Å². The molecule has 1 heterocycles. The Morgan fingerprint density at radius 1 is 1.28 bits per heavy atom. The Kier molecular flexibility index (Phi) is 3.74. The van der Waals surface area contributed by atoms with E-state index >= 15 is 0 Å². The molecule has 0 amide bonds. The van der Waals surface area contributed by atoms with Crippen molar-refractivity contribution in [2.45, 2.75) is 39.3 Å². The van der Waals surface area contributed by atoms with Crippen LogP contribution in [0.1, 0.15) is 38.8 Å². The normalized spacial score (nSPS) is 22.9. The Balaban J connectivity index is 2.21. The minimum absolute atomic E-state index is 0.0457. The van der Waals surface area contributed by atoms with E-state index in [1.807, 2.05) is 19.1 Å². The van der Waals surface area contributed by atoms with Crippen molar-refractivity contribution in [2.75, 3.05) is 13.1 Å². The fraction of sp³-hybridized carbons (Fsp3) is 0.600. The average molecular weight is 250 g/mol. The minimum atomic E-state index is -0.191. The third-order valence-corrected chi connectivity index (χ3v) is 3.81. The molecule has 100 valence electrons. The zero-order chi connectivity index (χ0) is 13.3. The van der Waals surface area contributed by atoms with Gasteiger partial charge in [-0.05, 0) is 43.0 Å². The van der Waals surface area contributed by atoms with Crippen LogP contribution in [0, 0.1) is 11.2 Å². The van der Waals surface area contributed by atoms with Crippen LogP contribution in [0.5, 0.6) is 0 Å². The second kappa shape index (κ2) is 4.98. The highest BCUT2D eigenvalue weighted by molar-refractivity contribution is 5.22. The van der Waals surface area contributed by atoms with Crippen LogP contribution in [0.4, 0.5) is 4.39 Å². The average Bonchev–Trinajstić information content (AvgIpc) is 2.61. The molecule has 1 aliphatic heterocycles. The van der Waals surface area contributed by atoms with Gasteiger partial charge in [0.2, 0.25) is 0 Å². The lowest BCUT2D eigenvalue weighted by atomic mass is 9.93. The molecule has 2 unspecified atom stereocenters. The van der Waals surface area contributed by atoms with Crippen molar-refractivity contribution >= 4 is 0 Å². The van der Waals surface area contributed by atoms with Crippen molar-refractivity contribution in [3.63, 3.8) is 0 Å². The van der Waals surface area contributed by atoms with Crippen molar-refractivity contribution in [3.8, 4) is 0 Å². The molecule has 1 fully saturated rings. The molecule has 2 rings (SSSR count). The monoisotopic (exact) mass is 250 g/mol. The molecule has 2 atom stereocenters. The Labute approximate surface area is 109 Å². The number of rotatable bonds is 3. The SMILES string of the molecule is CC(N)C(c1ccc(F)cc1)N1CCC(C)(C)C1. The van der Waals surface area contributed by atoms with Gasteiger partial charge in [-0.2, -0.15) is 0 Å². The summed E-state index contributed by atoms with van der Waals surface area (Å²) in [5.74, 6) is -0.191. The van der Waals surface area contributed by atoms with Crippen LogP contribution in [-0.4, -0.2) is 24.0 Å². The van der Waals surface area contributed by atoms with E-state index in [0.29, 0.717) is 5.41 Å². The van der Waals surface area contributed by atoms with Gasteiger partial charge in [0.15, 0.2) is 0 Å². The van der Waals surface area contributed by atoms with Crippen LogP contribution in [0.25, 0.3) is 0 Å². The van der Waals surface area contributed by atoms with Crippen LogP contribution >= 0.6 is 0 Å². The molecule has 18 heavy (non-hydrogen) atoms. The van der Waals surface area contributed by atoms with Crippen molar-refractivity contribution in [2.24, 2.45) is 11.1 Å². The Hall–Kier alpha value is -0.930. The molecule has 2 N–H and O–H groups in total. The largest absolute Gasteiger partial charge is 0.326 e. The van der Waals surface area contributed by atoms with Crippen LogP contribution < -0.4 is 5.73 Å². The summed E-state index contributed by atoms with van der Waals surface area (Å²) in [6, 6.07) is 6.98. The smallest absolute Gasteiger partial charge is 0.123 e. The van der Waals surface area contributed by atoms with Gasteiger partial charge in [0, 0.05) is 18.6 Å². The topological polar surface area (TPSA) is 29.3 Å². The maximum atomic E-state index is 13.0. The first kappa shape index (κ1) is 13.5. The third kappa shape index (κ3) is 2.90. The van der Waals surface area contributed by atoms with Crippen molar-refractivity contribution in [1.82, 2.24) is 4.90 Å². The van der Waals surface area contributed by atoms with Gasteiger partial charge in [0.25, 0.3) is 0 Å². The summed E-state index contributed by atoms with van der Waals surface area (Å²) in [6.07, 6.45) is 1.19. The lowest BCUT2D eigenvalue weighted by Gasteiger charge is -2.32. The van der Waals surface area contributed by atoms with E-state index < -0.39 is 0 Å². The maximum Gasteiger partial charge on any atom is 0.123 e. The quantitative estimate of drug-likeness (QED) is 0.893. The van der Waals surface area contributed by atoms with Gasteiger partial charge < -0.3 is 5.73 Å². The van der Waals surface area contributed by atoms with E-state index in [4.69, 9.17) is 5.73 Å². The number of hydrogen-bond donors (Lipinski definition) is 1. The van der Waals surface area contributed by atoms with E-state index in [0.717, 1.165) is 18.7 Å². The van der Waals surface area contributed by atoms with Gasteiger partial charge in [0.05, 0.1) is 0 Å². The molecule has 2 nitrogen and oxygen atoms in total. The lowest BCUT2D eigenvalue weighted by molar-refractivity contribution is 0.197. The van der Waals surface area contributed by atoms with E-state index in [-0.39, 0.29) is 17.9 Å². The Bertz CT molecular complexity index is 397. The molecule has 1 aromatic rings. The summed E-state index contributed by atoms with van der Waals surface area (Å²) >= 11 is 0. The lowest BCUT2D eigenvalue weighted by Crippen LogP contribution is -2.39. The third-order valence-electron chi connectivity index (χ3n) is 3.81. The molecule has 0 saturated carbocycles. The zero-order valence-electron chi connectivity index (χ0n) is 11.5. The van der Waals surface area contributed by atoms with Crippen molar-refractivity contribution in [3.05, 3.63) is 35.6 Å². The van der Waals surface area contributed by atoms with Crippen molar-refractivity contribution < 1.29 is 4.39 Å². The van der Waals surface area contributed by atoms with Crippen LogP contribution in [0.3, 0.4) is 0 Å². The molecule has 0 aromatic heterocycles. The molecule has 1 saturated heterocycles. The van der Waals surface area contributed by atoms with E-state index in [1.165, 1.54) is 18.6 Å². The van der Waals surface area contributed by atoms with E-state index in [9.17, 15) is 4.39 Å². The van der Waals surface area contributed by atoms with Crippen LogP contribution in [0.15, 0.2) is 24.3 Å². The summed E-state index contributed by atoms with van der Waals surface area (Å²) in [5, 5.41) is 0. The molecule has 1 aromatic carbocycles. The predicted molar refractivity (Wildman–Crippen MR) is 72.8 cm³/mol. The summed E-state index contributed by atoms with van der Waals surface area (Å²) < 4.78 is 13.0. The molecule has 0 aliphatic carbocycles. The number of nitrogens with zero attached hydrogens (tertiary/aromatic N) is 1. The summed E-state index contributed by atoms with van der Waals surface area (Å²) in [7, 11) is 0. The first-order chi connectivity index (χ1) is 8.39. The standard InChI is InChI=1S/C15H23FN2/c1-11(17)14(12-4-6-13(16)7-5-12)18-9-8-15(2,3)10-18/h4-7,11,14H,8-10,17H2,1-3H3. The maximum absolute atomic E-state index is 13.0. The zero-order valence-corrected chi connectivity index (χ0v) is 11.5. The summed E-state index contributed by atoms with van der Waals surface area (Å²) in [5.41, 5.74) is 7.61. The molecule has 0 spiro atoms. The Morgan fingerprint density at radius 3 is 2.33 bits per heavy atom. The van der Waals surface area contributed by atoms with E-state index in [2.05, 4.69) is 18.7 Å². The second-order valence-electron chi connectivity index (χ2n) is 6.24. The van der Waals surface area contributed by atoms with Gasteiger partial charge in [-0.15, -0.1) is 0 Å². The second-order valence-corrected chi connectivity index (χ2v) is 6.24. The number of nitrogens with two attached hydrogens (primary N) is 1. The number of likely N-dealkylation sites (tertiary alicyclic amines) is 1. The molecule has 1 aliphatic rings. The minimum Gasteiger partial charge on any atom is -0.326 e. The highest BCUT2D eigenvalue weighted by atomic mass is 19.1. The summed E-state index contributed by atoms with van der Waals surface area (Å²) in [4.78, 5) is 2.43. The van der Waals surface area contributed by atoms with Gasteiger partial charge in [-0.25, -0.2) is 4.39 Å². The summed E-state index contributed by atoms with van der Waals surface area (Å²) in [6.45, 7) is 8.72.